The molecule has 1 fully saturated rings. The molecule has 2 rings (SSSR count). The zero-order valence-electron chi connectivity index (χ0n) is 10.2. The number of amides is 1. The van der Waals surface area contributed by atoms with Crippen molar-refractivity contribution >= 4 is 45.6 Å². The minimum absolute atomic E-state index is 0. The highest BCUT2D eigenvalue weighted by molar-refractivity contribution is 9.11. The summed E-state index contributed by atoms with van der Waals surface area (Å²) in [7, 11) is 1.63. The van der Waals surface area contributed by atoms with Crippen LogP contribution in [0, 0.1) is 0 Å². The molecule has 3 nitrogen and oxygen atoms in total. The Bertz CT molecular complexity index is 458. The third-order valence-electron chi connectivity index (χ3n) is 2.81. The molecule has 2 heterocycles. The summed E-state index contributed by atoms with van der Waals surface area (Å²) in [5.74, 6) is -3.05. The topological polar surface area (TPSA) is 32.3 Å². The van der Waals surface area contributed by atoms with Crippen LogP contribution in [0.25, 0.3) is 0 Å². The molecule has 1 amide bonds. The van der Waals surface area contributed by atoms with Crippen LogP contribution < -0.4 is 5.32 Å². The molecule has 19 heavy (non-hydrogen) atoms. The zero-order chi connectivity index (χ0) is 13.3. The number of thiophene rings is 1. The molecule has 0 aliphatic carbocycles. The Morgan fingerprint density at radius 1 is 1.63 bits per heavy atom. The number of hydrogen-bond acceptors (Lipinski definition) is 3. The first-order valence-electron chi connectivity index (χ1n) is 5.48. The van der Waals surface area contributed by atoms with E-state index in [-0.39, 0.29) is 18.3 Å². The monoisotopic (exact) mass is 374 g/mol. The van der Waals surface area contributed by atoms with Crippen LogP contribution >= 0.6 is 39.7 Å². The van der Waals surface area contributed by atoms with E-state index in [0.717, 1.165) is 8.66 Å². The summed E-state index contributed by atoms with van der Waals surface area (Å²) in [4.78, 5) is 14.5. The maximum absolute atomic E-state index is 13.0. The van der Waals surface area contributed by atoms with E-state index < -0.39 is 24.9 Å². The Labute approximate surface area is 128 Å². The van der Waals surface area contributed by atoms with Crippen LogP contribution in [0.1, 0.15) is 11.3 Å². The number of carbonyl (C=O) groups is 1. The standard InChI is InChI=1S/C11H13BrF2N2OS.ClH/c1-16(5-7-2-3-9(12)18-7)10(17)8-4-11(13,14)6-15-8;/h2-3,8,15H,4-6H2,1H3;1H. The normalized spacial score (nSPS) is 20.9. The fourth-order valence-corrected chi connectivity index (χ4v) is 3.44. The van der Waals surface area contributed by atoms with E-state index in [2.05, 4.69) is 21.2 Å². The number of rotatable bonds is 3. The van der Waals surface area contributed by atoms with Gasteiger partial charge in [-0.15, -0.1) is 23.7 Å². The summed E-state index contributed by atoms with van der Waals surface area (Å²) in [6.07, 6.45) is -0.412. The average Bonchev–Trinajstić information content (AvgIpc) is 2.83. The van der Waals surface area contributed by atoms with Gasteiger partial charge in [0.25, 0.3) is 5.92 Å². The molecule has 1 aromatic heterocycles. The van der Waals surface area contributed by atoms with Crippen molar-refractivity contribution in [1.29, 1.82) is 0 Å². The summed E-state index contributed by atoms with van der Waals surface area (Å²) in [6.45, 7) is 0.0284. The van der Waals surface area contributed by atoms with Crippen molar-refractivity contribution in [3.63, 3.8) is 0 Å². The number of carbonyl (C=O) groups excluding carboxylic acids is 1. The van der Waals surface area contributed by atoms with Gasteiger partial charge in [-0.3, -0.25) is 10.1 Å². The SMILES string of the molecule is CN(Cc1ccc(Br)s1)C(=O)C1CC(F)(F)CN1.Cl. The first-order valence-corrected chi connectivity index (χ1v) is 7.09. The number of likely N-dealkylation sites (N-methyl/N-ethyl adjacent to an activating group) is 1. The Kier molecular flexibility index (Phi) is 5.73. The second kappa shape index (κ2) is 6.47. The lowest BCUT2D eigenvalue weighted by molar-refractivity contribution is -0.132. The van der Waals surface area contributed by atoms with E-state index in [4.69, 9.17) is 0 Å². The lowest BCUT2D eigenvalue weighted by Gasteiger charge is -2.20. The van der Waals surface area contributed by atoms with Gasteiger partial charge in [0.1, 0.15) is 0 Å². The molecule has 0 bridgehead atoms. The highest BCUT2D eigenvalue weighted by Gasteiger charge is 2.43. The Morgan fingerprint density at radius 3 is 2.79 bits per heavy atom. The van der Waals surface area contributed by atoms with Crippen molar-refractivity contribution in [3.8, 4) is 0 Å². The molecule has 1 N–H and O–H groups in total. The van der Waals surface area contributed by atoms with Crippen LogP contribution in [0.2, 0.25) is 0 Å². The minimum atomic E-state index is -2.77. The number of alkyl halides is 2. The number of nitrogens with one attached hydrogen (secondary N) is 1. The maximum atomic E-state index is 13.0. The molecule has 8 heteroatoms. The van der Waals surface area contributed by atoms with Gasteiger partial charge in [-0.1, -0.05) is 0 Å². The predicted molar refractivity (Wildman–Crippen MR) is 77.1 cm³/mol. The van der Waals surface area contributed by atoms with E-state index >= 15 is 0 Å². The molecule has 1 aliphatic heterocycles. The summed E-state index contributed by atoms with van der Waals surface area (Å²) in [5, 5.41) is 2.57. The molecule has 0 saturated carbocycles. The molecular formula is C11H14BrClF2N2OS. The van der Waals surface area contributed by atoms with E-state index in [0.29, 0.717) is 6.54 Å². The van der Waals surface area contributed by atoms with Crippen LogP contribution in [-0.4, -0.2) is 36.4 Å². The molecular weight excluding hydrogens is 362 g/mol. The lowest BCUT2D eigenvalue weighted by atomic mass is 10.1. The minimum Gasteiger partial charge on any atom is -0.339 e. The summed E-state index contributed by atoms with van der Waals surface area (Å²) >= 11 is 4.87. The van der Waals surface area contributed by atoms with E-state index in [1.54, 1.807) is 7.05 Å². The van der Waals surface area contributed by atoms with Crippen molar-refractivity contribution in [2.45, 2.75) is 24.9 Å². The van der Waals surface area contributed by atoms with Crippen LogP contribution in [-0.2, 0) is 11.3 Å². The smallest absolute Gasteiger partial charge is 0.262 e. The second-order valence-corrected chi connectivity index (χ2v) is 6.94. The van der Waals surface area contributed by atoms with Gasteiger partial charge in [-0.05, 0) is 28.1 Å². The molecule has 1 aliphatic rings. The summed E-state index contributed by atoms with van der Waals surface area (Å²) in [5.41, 5.74) is 0. The lowest BCUT2D eigenvalue weighted by Crippen LogP contribution is -2.41. The first-order chi connectivity index (χ1) is 8.37. The zero-order valence-corrected chi connectivity index (χ0v) is 13.4. The molecule has 1 atom stereocenters. The molecule has 0 spiro atoms. The highest BCUT2D eigenvalue weighted by Crippen LogP contribution is 2.27. The fourth-order valence-electron chi connectivity index (χ4n) is 1.90. The van der Waals surface area contributed by atoms with Gasteiger partial charge in [-0.25, -0.2) is 8.78 Å². The second-order valence-electron chi connectivity index (χ2n) is 4.39. The van der Waals surface area contributed by atoms with Crippen molar-refractivity contribution < 1.29 is 13.6 Å². The third kappa shape index (κ3) is 4.37. The van der Waals surface area contributed by atoms with Gasteiger partial charge in [-0.2, -0.15) is 0 Å². The highest BCUT2D eigenvalue weighted by atomic mass is 79.9. The molecule has 108 valence electrons. The van der Waals surface area contributed by atoms with Crippen LogP contribution in [0.15, 0.2) is 15.9 Å². The van der Waals surface area contributed by atoms with Gasteiger partial charge in [0.05, 0.1) is 22.9 Å². The number of nitrogens with zero attached hydrogens (tertiary/aromatic N) is 1. The van der Waals surface area contributed by atoms with Crippen LogP contribution in [0.5, 0.6) is 0 Å². The van der Waals surface area contributed by atoms with Gasteiger partial charge >= 0.3 is 0 Å². The summed E-state index contributed by atoms with van der Waals surface area (Å²) in [6, 6.07) is 3.04. The quantitative estimate of drug-likeness (QED) is 0.881. The van der Waals surface area contributed by atoms with Crippen molar-refractivity contribution in [2.75, 3.05) is 13.6 Å². The van der Waals surface area contributed by atoms with E-state index in [1.807, 2.05) is 12.1 Å². The number of hydrogen-bond donors (Lipinski definition) is 1. The Balaban J connectivity index is 0.00000180. The fraction of sp³-hybridized carbons (Fsp3) is 0.545. The van der Waals surface area contributed by atoms with E-state index in [9.17, 15) is 13.6 Å². The maximum Gasteiger partial charge on any atom is 0.262 e. The number of halogens is 4. The predicted octanol–water partition coefficient (Wildman–Crippen LogP) is 2.89. The summed E-state index contributed by atoms with van der Waals surface area (Å²) < 4.78 is 27.0. The van der Waals surface area contributed by atoms with Crippen LogP contribution in [0.3, 0.4) is 0 Å². The van der Waals surface area contributed by atoms with Gasteiger partial charge in [0, 0.05) is 18.3 Å². The largest absolute Gasteiger partial charge is 0.339 e. The van der Waals surface area contributed by atoms with Crippen molar-refractivity contribution in [2.24, 2.45) is 0 Å². The Hall–Kier alpha value is -0.240. The Morgan fingerprint density at radius 2 is 2.32 bits per heavy atom. The first kappa shape index (κ1) is 16.8. The van der Waals surface area contributed by atoms with Gasteiger partial charge in [0.2, 0.25) is 5.91 Å². The van der Waals surface area contributed by atoms with Crippen molar-refractivity contribution in [1.82, 2.24) is 10.2 Å². The van der Waals surface area contributed by atoms with Crippen LogP contribution in [0.4, 0.5) is 8.78 Å². The molecule has 0 radical (unpaired) electrons. The molecule has 1 saturated heterocycles. The average molecular weight is 376 g/mol. The third-order valence-corrected chi connectivity index (χ3v) is 4.41. The molecule has 1 aromatic rings. The molecule has 0 aromatic carbocycles. The van der Waals surface area contributed by atoms with E-state index in [1.165, 1.54) is 16.2 Å². The van der Waals surface area contributed by atoms with Gasteiger partial charge < -0.3 is 4.90 Å². The van der Waals surface area contributed by atoms with Gasteiger partial charge in [0.15, 0.2) is 0 Å². The molecule has 1 unspecified atom stereocenters. The van der Waals surface area contributed by atoms with Crippen molar-refractivity contribution in [3.05, 3.63) is 20.8 Å².